The normalized spacial score (nSPS) is 11.3. The van der Waals surface area contributed by atoms with Crippen LogP contribution in [-0.4, -0.2) is 6.29 Å². The molecule has 0 radical (unpaired) electrons. The van der Waals surface area contributed by atoms with Crippen LogP contribution in [0.15, 0.2) is 40.9 Å². The summed E-state index contributed by atoms with van der Waals surface area (Å²) in [5.74, 6) is -1.11. The fourth-order valence-corrected chi connectivity index (χ4v) is 2.16. The number of alkyl halides is 3. The average Bonchev–Trinajstić information content (AvgIpc) is 2.46. The highest BCUT2D eigenvalue weighted by molar-refractivity contribution is 9.10. The van der Waals surface area contributed by atoms with E-state index in [1.165, 1.54) is 18.2 Å². The van der Waals surface area contributed by atoms with Crippen molar-refractivity contribution in [2.75, 3.05) is 0 Å². The quantitative estimate of drug-likeness (QED) is 0.554. The molecule has 0 aliphatic heterocycles. The molecular weight excluding hydrogens is 368 g/mol. The van der Waals surface area contributed by atoms with Crippen molar-refractivity contribution < 1.29 is 27.1 Å². The molecule has 0 aliphatic carbocycles. The summed E-state index contributed by atoms with van der Waals surface area (Å²) in [5, 5.41) is 0. The smallest absolute Gasteiger partial charge is 0.419 e. The fourth-order valence-electron chi connectivity index (χ4n) is 1.78. The van der Waals surface area contributed by atoms with Crippen molar-refractivity contribution in [3.8, 4) is 5.75 Å². The van der Waals surface area contributed by atoms with Gasteiger partial charge in [-0.15, -0.1) is 0 Å². The van der Waals surface area contributed by atoms with Gasteiger partial charge in [0.2, 0.25) is 0 Å². The average molecular weight is 377 g/mol. The van der Waals surface area contributed by atoms with Gasteiger partial charge in [-0.3, -0.25) is 4.79 Å². The summed E-state index contributed by atoms with van der Waals surface area (Å²) in [4.78, 5) is 10.9. The first-order chi connectivity index (χ1) is 10.3. The summed E-state index contributed by atoms with van der Waals surface area (Å²) < 4.78 is 57.1. The number of hydrogen-bond acceptors (Lipinski definition) is 2. The monoisotopic (exact) mass is 376 g/mol. The molecule has 2 rings (SSSR count). The molecule has 2 aromatic rings. The van der Waals surface area contributed by atoms with E-state index in [1.807, 2.05) is 0 Å². The van der Waals surface area contributed by atoms with Crippen LogP contribution < -0.4 is 4.74 Å². The Bertz CT molecular complexity index is 698. The Hall–Kier alpha value is -1.89. The zero-order valence-corrected chi connectivity index (χ0v) is 12.5. The van der Waals surface area contributed by atoms with Gasteiger partial charge in [-0.2, -0.15) is 13.2 Å². The number of rotatable bonds is 4. The minimum Gasteiger partial charge on any atom is -0.488 e. The van der Waals surface area contributed by atoms with E-state index in [0.29, 0.717) is 16.8 Å². The second-order valence-corrected chi connectivity index (χ2v) is 5.32. The van der Waals surface area contributed by atoms with Crippen LogP contribution >= 0.6 is 15.9 Å². The topological polar surface area (TPSA) is 26.3 Å². The molecule has 22 heavy (non-hydrogen) atoms. The van der Waals surface area contributed by atoms with Gasteiger partial charge in [-0.1, -0.05) is 22.0 Å². The molecule has 2 nitrogen and oxygen atoms in total. The van der Waals surface area contributed by atoms with E-state index in [9.17, 15) is 22.4 Å². The Balaban J connectivity index is 2.21. The number of benzene rings is 2. The predicted molar refractivity (Wildman–Crippen MR) is 75.3 cm³/mol. The maximum absolute atomic E-state index is 13.2. The maximum Gasteiger partial charge on any atom is 0.419 e. The number of aldehydes is 1. The lowest BCUT2D eigenvalue weighted by molar-refractivity contribution is -0.140. The fraction of sp³-hybridized carbons (Fsp3) is 0.133. The molecule has 0 spiro atoms. The Kier molecular flexibility index (Phi) is 4.85. The molecule has 0 saturated carbocycles. The first-order valence-corrected chi connectivity index (χ1v) is 6.83. The van der Waals surface area contributed by atoms with Crippen LogP contribution in [0.25, 0.3) is 0 Å². The lowest BCUT2D eigenvalue weighted by atomic mass is 10.1. The van der Waals surface area contributed by atoms with Gasteiger partial charge in [-0.25, -0.2) is 4.39 Å². The Labute approximate surface area is 131 Å². The molecule has 2 aromatic carbocycles. The molecule has 0 aromatic heterocycles. The molecule has 7 heteroatoms. The van der Waals surface area contributed by atoms with Crippen molar-refractivity contribution in [3.63, 3.8) is 0 Å². The number of carbonyl (C=O) groups is 1. The standard InChI is InChI=1S/C15H9BrF4O2/c16-11-2-4-14(10(6-11)7-21)22-8-9-1-3-13(17)12(5-9)15(18,19)20/h1-7H,8H2. The second kappa shape index (κ2) is 6.48. The molecule has 0 aliphatic rings. The zero-order valence-electron chi connectivity index (χ0n) is 11.0. The zero-order chi connectivity index (χ0) is 16.3. The highest BCUT2D eigenvalue weighted by atomic mass is 79.9. The van der Waals surface area contributed by atoms with Gasteiger partial charge >= 0.3 is 6.18 Å². The van der Waals surface area contributed by atoms with E-state index in [4.69, 9.17) is 4.74 Å². The first-order valence-electron chi connectivity index (χ1n) is 6.04. The SMILES string of the molecule is O=Cc1cc(Br)ccc1OCc1ccc(F)c(C(F)(F)F)c1. The number of hydrogen-bond donors (Lipinski definition) is 0. The van der Waals surface area contributed by atoms with Gasteiger partial charge in [0.1, 0.15) is 18.2 Å². The van der Waals surface area contributed by atoms with Crippen molar-refractivity contribution in [3.05, 3.63) is 63.4 Å². The van der Waals surface area contributed by atoms with Crippen LogP contribution in [0.5, 0.6) is 5.75 Å². The molecule has 0 saturated heterocycles. The van der Waals surface area contributed by atoms with Crippen LogP contribution in [0.4, 0.5) is 17.6 Å². The van der Waals surface area contributed by atoms with E-state index in [2.05, 4.69) is 15.9 Å². The molecule has 0 fully saturated rings. The van der Waals surface area contributed by atoms with Crippen LogP contribution in [0.3, 0.4) is 0 Å². The van der Waals surface area contributed by atoms with E-state index >= 15 is 0 Å². The van der Waals surface area contributed by atoms with Crippen molar-refractivity contribution in [1.29, 1.82) is 0 Å². The van der Waals surface area contributed by atoms with E-state index in [-0.39, 0.29) is 23.5 Å². The lowest BCUT2D eigenvalue weighted by Gasteiger charge is -2.12. The van der Waals surface area contributed by atoms with Crippen LogP contribution in [0, 0.1) is 5.82 Å². The van der Waals surface area contributed by atoms with Gasteiger partial charge in [0.05, 0.1) is 11.1 Å². The molecule has 0 amide bonds. The Morgan fingerprint density at radius 1 is 1.14 bits per heavy atom. The maximum atomic E-state index is 13.2. The van der Waals surface area contributed by atoms with Gasteiger partial charge < -0.3 is 4.74 Å². The van der Waals surface area contributed by atoms with Crippen molar-refractivity contribution >= 4 is 22.2 Å². The summed E-state index contributed by atoms with van der Waals surface area (Å²) in [6.45, 7) is -0.216. The first kappa shape index (κ1) is 16.5. The minimum atomic E-state index is -4.77. The van der Waals surface area contributed by atoms with Crippen molar-refractivity contribution in [2.24, 2.45) is 0 Å². The number of ether oxygens (including phenoxy) is 1. The van der Waals surface area contributed by atoms with E-state index < -0.39 is 17.6 Å². The number of carbonyl (C=O) groups excluding carboxylic acids is 1. The highest BCUT2D eigenvalue weighted by Gasteiger charge is 2.34. The minimum absolute atomic E-state index is 0.147. The Morgan fingerprint density at radius 2 is 1.86 bits per heavy atom. The van der Waals surface area contributed by atoms with Crippen molar-refractivity contribution in [1.82, 2.24) is 0 Å². The van der Waals surface area contributed by atoms with Gasteiger partial charge in [0, 0.05) is 4.47 Å². The van der Waals surface area contributed by atoms with E-state index in [0.717, 1.165) is 6.07 Å². The second-order valence-electron chi connectivity index (χ2n) is 4.40. The van der Waals surface area contributed by atoms with Crippen LogP contribution in [-0.2, 0) is 12.8 Å². The van der Waals surface area contributed by atoms with Crippen LogP contribution in [0.2, 0.25) is 0 Å². The van der Waals surface area contributed by atoms with Gasteiger partial charge in [0.25, 0.3) is 0 Å². The van der Waals surface area contributed by atoms with Crippen LogP contribution in [0.1, 0.15) is 21.5 Å². The molecule has 116 valence electrons. The molecule has 0 atom stereocenters. The third-order valence-electron chi connectivity index (χ3n) is 2.83. The summed E-state index contributed by atoms with van der Waals surface area (Å²) in [6, 6.07) is 7.30. The summed E-state index contributed by atoms with van der Waals surface area (Å²) in [5.41, 5.74) is -0.943. The molecule has 0 bridgehead atoms. The third-order valence-corrected chi connectivity index (χ3v) is 3.32. The number of halogens is 5. The molecule has 0 N–H and O–H groups in total. The summed E-state index contributed by atoms with van der Waals surface area (Å²) in [6.07, 6.45) is -4.20. The summed E-state index contributed by atoms with van der Waals surface area (Å²) in [7, 11) is 0. The van der Waals surface area contributed by atoms with Crippen molar-refractivity contribution in [2.45, 2.75) is 12.8 Å². The van der Waals surface area contributed by atoms with E-state index in [1.54, 1.807) is 6.07 Å². The van der Waals surface area contributed by atoms with Gasteiger partial charge in [-0.05, 0) is 35.9 Å². The largest absolute Gasteiger partial charge is 0.488 e. The molecule has 0 heterocycles. The lowest BCUT2D eigenvalue weighted by Crippen LogP contribution is -2.09. The molecule has 0 unspecified atom stereocenters. The van der Waals surface area contributed by atoms with Gasteiger partial charge in [0.15, 0.2) is 6.29 Å². The summed E-state index contributed by atoms with van der Waals surface area (Å²) >= 11 is 3.19. The Morgan fingerprint density at radius 3 is 2.50 bits per heavy atom. The highest BCUT2D eigenvalue weighted by Crippen LogP contribution is 2.32. The molecular formula is C15H9BrF4O2. The predicted octanol–water partition coefficient (Wildman–Crippen LogP) is 5.00. The third kappa shape index (κ3) is 3.85.